The van der Waals surface area contributed by atoms with Crippen LogP contribution in [-0.4, -0.2) is 81.8 Å². The molecule has 2 aromatic carbocycles. The zero-order valence-corrected chi connectivity index (χ0v) is 33.1. The van der Waals surface area contributed by atoms with E-state index < -0.39 is 17.3 Å². The fourth-order valence-electron chi connectivity index (χ4n) is 4.67. The van der Waals surface area contributed by atoms with Crippen LogP contribution in [0, 0.1) is 13.8 Å². The molecule has 0 aliphatic carbocycles. The fraction of sp³-hybridized carbons (Fsp3) is 0.588. The molecule has 0 spiro atoms. The number of likely N-dealkylation sites (tertiary alicyclic amines) is 2. The van der Waals surface area contributed by atoms with Gasteiger partial charge < -0.3 is 34.2 Å². The van der Waals surface area contributed by atoms with Crippen molar-refractivity contribution in [3.05, 3.63) is 54.4 Å². The molecular weight excluding hydrogens is 779 g/mol. The number of halogens is 4. The molecule has 2 N–H and O–H groups in total. The lowest BCUT2D eigenvalue weighted by Gasteiger charge is -2.34. The van der Waals surface area contributed by atoms with Crippen molar-refractivity contribution in [1.29, 1.82) is 0 Å². The highest BCUT2D eigenvalue weighted by Crippen LogP contribution is 2.34. The number of carbonyl (C=O) groups excluding carboxylic acids is 2. The van der Waals surface area contributed by atoms with Gasteiger partial charge in [0.25, 0.3) is 0 Å². The smallest absolute Gasteiger partial charge is 0.410 e. The molecule has 0 aromatic heterocycles. The lowest BCUT2D eigenvalue weighted by molar-refractivity contribution is 0.00382. The zero-order chi connectivity index (χ0) is 35.7. The summed E-state index contributed by atoms with van der Waals surface area (Å²) >= 11 is 18.4. The van der Waals surface area contributed by atoms with E-state index in [1.807, 2.05) is 60.6 Å². The van der Waals surface area contributed by atoms with Crippen molar-refractivity contribution in [2.24, 2.45) is 0 Å². The van der Waals surface area contributed by atoms with Gasteiger partial charge in [0.1, 0.15) is 28.8 Å². The Labute approximate surface area is 306 Å². The van der Waals surface area contributed by atoms with Crippen LogP contribution in [0.15, 0.2) is 33.2 Å². The summed E-state index contributed by atoms with van der Waals surface area (Å²) in [5.74, 6) is 1.04. The molecule has 0 unspecified atom stereocenters. The van der Waals surface area contributed by atoms with Crippen LogP contribution in [0.5, 0.6) is 11.5 Å². The van der Waals surface area contributed by atoms with Crippen molar-refractivity contribution < 1.29 is 34.0 Å². The molecule has 9 nitrogen and oxygen atoms in total. The van der Waals surface area contributed by atoms with E-state index in [4.69, 9.17) is 37.4 Å². The molecule has 2 fully saturated rings. The average Bonchev–Trinajstić information content (AvgIpc) is 2.93. The maximum absolute atomic E-state index is 12.2. The van der Waals surface area contributed by atoms with E-state index in [0.29, 0.717) is 40.7 Å². The standard InChI is InChI=1S/C17H23BrClNO3.C10H19NO3.C7H6BrClO/c1-11-8-12(19)9-14(18)15(11)22-13-6-5-7-20(10-13)16(21)23-17(2,3)4;1-10(2,3)14-9(13)11-6-4-5-8(12)7-11;1-4-2-5(9)3-6(8)7(4)10/h8-9,13H,5-7,10H2,1-4H3;8,12H,4-7H2,1-3H3;2-3,10H,1H3/t13-;8-;/m01./s1. The molecule has 0 bridgehead atoms. The quantitative estimate of drug-likeness (QED) is 0.311. The van der Waals surface area contributed by atoms with E-state index in [9.17, 15) is 19.8 Å². The van der Waals surface area contributed by atoms with E-state index in [-0.39, 0.29) is 24.0 Å². The molecule has 2 amide bonds. The van der Waals surface area contributed by atoms with E-state index in [1.165, 1.54) is 0 Å². The third-order valence-corrected chi connectivity index (χ3v) is 8.41. The minimum Gasteiger partial charge on any atom is -0.506 e. The van der Waals surface area contributed by atoms with Gasteiger partial charge in [0.15, 0.2) is 0 Å². The molecule has 47 heavy (non-hydrogen) atoms. The van der Waals surface area contributed by atoms with Crippen LogP contribution < -0.4 is 4.74 Å². The lowest BCUT2D eigenvalue weighted by Crippen LogP contribution is -2.46. The fourth-order valence-corrected chi connectivity index (χ4v) is 6.69. The van der Waals surface area contributed by atoms with Crippen LogP contribution in [-0.2, 0) is 9.47 Å². The number of hydrogen-bond donors (Lipinski definition) is 2. The number of aliphatic hydroxyl groups excluding tert-OH is 1. The number of β-amino-alcohol motifs (C(OH)–C–C–N with tert-alkyl or cyclic N) is 1. The number of aryl methyl sites for hydroxylation is 2. The minimum atomic E-state index is -0.485. The number of aromatic hydroxyl groups is 1. The number of rotatable bonds is 2. The number of amides is 2. The zero-order valence-electron chi connectivity index (χ0n) is 28.5. The Morgan fingerprint density at radius 2 is 1.26 bits per heavy atom. The van der Waals surface area contributed by atoms with Crippen molar-refractivity contribution in [3.63, 3.8) is 0 Å². The van der Waals surface area contributed by atoms with Crippen molar-refractivity contribution >= 4 is 67.2 Å². The maximum atomic E-state index is 12.2. The molecule has 0 radical (unpaired) electrons. The van der Waals surface area contributed by atoms with Gasteiger partial charge in [-0.25, -0.2) is 9.59 Å². The Balaban J connectivity index is 0.000000271. The van der Waals surface area contributed by atoms with E-state index in [2.05, 4.69) is 31.9 Å². The van der Waals surface area contributed by atoms with E-state index >= 15 is 0 Å². The number of phenols is 1. The topological polar surface area (TPSA) is 109 Å². The number of hydrogen-bond acceptors (Lipinski definition) is 7. The van der Waals surface area contributed by atoms with Crippen molar-refractivity contribution in [3.8, 4) is 11.5 Å². The van der Waals surface area contributed by atoms with Crippen LogP contribution >= 0.6 is 55.1 Å². The first-order valence-corrected chi connectivity index (χ1v) is 17.9. The predicted octanol–water partition coefficient (Wildman–Crippen LogP) is 9.68. The summed E-state index contributed by atoms with van der Waals surface area (Å²) in [4.78, 5) is 27.1. The molecule has 2 atom stereocenters. The van der Waals surface area contributed by atoms with Crippen LogP contribution in [0.3, 0.4) is 0 Å². The molecule has 2 aliphatic heterocycles. The molecule has 264 valence electrons. The second-order valence-electron chi connectivity index (χ2n) is 13.6. The van der Waals surface area contributed by atoms with Gasteiger partial charge >= 0.3 is 12.2 Å². The average molecular weight is 827 g/mol. The largest absolute Gasteiger partial charge is 0.506 e. The Morgan fingerprint density at radius 1 is 0.787 bits per heavy atom. The molecule has 2 saturated heterocycles. The monoisotopic (exact) mass is 824 g/mol. The number of phenolic OH excluding ortho intramolecular Hbond substituents is 1. The van der Waals surface area contributed by atoms with Gasteiger partial charge in [-0.15, -0.1) is 0 Å². The third kappa shape index (κ3) is 15.0. The number of benzene rings is 2. The summed E-state index contributed by atoms with van der Waals surface area (Å²) in [6.07, 6.45) is 2.39. The van der Waals surface area contributed by atoms with Gasteiger partial charge in [0.2, 0.25) is 0 Å². The SMILES string of the molecule is CC(C)(C)OC(=O)N1CCC[C@@H](O)C1.Cc1cc(Cl)cc(Br)c1O.Cc1cc(Cl)cc(Br)c1O[C@H]1CCCN(C(=O)OC(C)(C)C)C1. The summed E-state index contributed by atoms with van der Waals surface area (Å²) in [7, 11) is 0. The number of piperidine rings is 2. The van der Waals surface area contributed by atoms with Gasteiger partial charge in [-0.3, -0.25) is 0 Å². The second-order valence-corrected chi connectivity index (χ2v) is 16.2. The van der Waals surface area contributed by atoms with Crippen LogP contribution in [0.4, 0.5) is 9.59 Å². The van der Waals surface area contributed by atoms with E-state index in [0.717, 1.165) is 47.0 Å². The van der Waals surface area contributed by atoms with Crippen LogP contribution in [0.25, 0.3) is 0 Å². The van der Waals surface area contributed by atoms with Gasteiger partial charge in [-0.1, -0.05) is 23.2 Å². The Hall–Kier alpha value is -1.92. The van der Waals surface area contributed by atoms with Crippen molar-refractivity contribution in [2.45, 2.75) is 104 Å². The molecule has 2 aromatic rings. The molecule has 2 aliphatic rings. The van der Waals surface area contributed by atoms with E-state index in [1.54, 1.807) is 28.9 Å². The lowest BCUT2D eigenvalue weighted by atomic mass is 10.1. The first-order valence-electron chi connectivity index (χ1n) is 15.6. The first-order chi connectivity index (χ1) is 21.6. The second kappa shape index (κ2) is 18.2. The summed E-state index contributed by atoms with van der Waals surface area (Å²) < 4.78 is 18.2. The van der Waals surface area contributed by atoms with Gasteiger partial charge in [-0.2, -0.15) is 0 Å². The summed E-state index contributed by atoms with van der Waals surface area (Å²) in [5, 5.41) is 19.9. The number of nitrogens with zero attached hydrogens (tertiary/aromatic N) is 2. The molecule has 0 saturated carbocycles. The van der Waals surface area contributed by atoms with Gasteiger partial charge in [-0.05, 0) is 148 Å². The highest BCUT2D eigenvalue weighted by molar-refractivity contribution is 9.11. The van der Waals surface area contributed by atoms with Gasteiger partial charge in [0, 0.05) is 29.7 Å². The molecule has 4 rings (SSSR count). The minimum absolute atomic E-state index is 0.0487. The number of carbonyl (C=O) groups is 2. The Bertz CT molecular complexity index is 1320. The summed E-state index contributed by atoms with van der Waals surface area (Å²) in [6.45, 7) is 17.2. The highest BCUT2D eigenvalue weighted by atomic mass is 79.9. The Morgan fingerprint density at radius 3 is 1.72 bits per heavy atom. The predicted molar refractivity (Wildman–Crippen MR) is 194 cm³/mol. The maximum Gasteiger partial charge on any atom is 0.410 e. The van der Waals surface area contributed by atoms with Crippen molar-refractivity contribution in [2.75, 3.05) is 26.2 Å². The third-order valence-electron chi connectivity index (χ3n) is 6.78. The van der Waals surface area contributed by atoms with Gasteiger partial charge in [0.05, 0.1) is 21.6 Å². The number of ether oxygens (including phenoxy) is 3. The molecular formula is C34H48Br2Cl2N2O7. The highest BCUT2D eigenvalue weighted by Gasteiger charge is 2.29. The molecule has 2 heterocycles. The normalized spacial score (nSPS) is 18.2. The summed E-state index contributed by atoms with van der Waals surface area (Å²) in [6, 6.07) is 7.06. The number of aliphatic hydroxyl groups is 1. The Kier molecular flexibility index (Phi) is 16.0. The molecule has 13 heteroatoms. The van der Waals surface area contributed by atoms with Crippen LogP contribution in [0.2, 0.25) is 10.0 Å². The van der Waals surface area contributed by atoms with Crippen molar-refractivity contribution in [1.82, 2.24) is 9.80 Å². The summed E-state index contributed by atoms with van der Waals surface area (Å²) in [5.41, 5.74) is 0.804. The first kappa shape index (κ1) is 41.3. The van der Waals surface area contributed by atoms with Crippen LogP contribution in [0.1, 0.15) is 78.4 Å².